The summed E-state index contributed by atoms with van der Waals surface area (Å²) < 4.78 is 43.6. The van der Waals surface area contributed by atoms with Gasteiger partial charge in [0.2, 0.25) is 0 Å². The van der Waals surface area contributed by atoms with E-state index in [1.807, 2.05) is 6.92 Å². The monoisotopic (exact) mass is 479 g/mol. The topological polar surface area (TPSA) is 76.0 Å². The molecule has 176 valence electrons. The molecule has 0 aliphatic carbocycles. The minimum Gasteiger partial charge on any atom is -0.482 e. The van der Waals surface area contributed by atoms with Gasteiger partial charge in [0.1, 0.15) is 5.75 Å². The number of carboxylic acids is 1. The second kappa shape index (κ2) is 10.4. The predicted octanol–water partition coefficient (Wildman–Crippen LogP) is 5.78. The number of benzene rings is 2. The number of aliphatic carboxylic acids is 1. The molecule has 33 heavy (non-hydrogen) atoms. The summed E-state index contributed by atoms with van der Waals surface area (Å²) in [5, 5.41) is 9.49. The van der Waals surface area contributed by atoms with Crippen molar-refractivity contribution in [1.82, 2.24) is 0 Å². The largest absolute Gasteiger partial charge is 0.482 e. The number of ether oxygens (including phenoxy) is 1. The Kier molecular flexibility index (Phi) is 7.84. The zero-order chi connectivity index (χ0) is 24.2. The first kappa shape index (κ1) is 24.8. The van der Waals surface area contributed by atoms with Crippen LogP contribution in [0.3, 0.4) is 0 Å². The molecule has 5 nitrogen and oxygen atoms in total. The van der Waals surface area contributed by atoms with E-state index in [9.17, 15) is 22.8 Å². The van der Waals surface area contributed by atoms with Crippen LogP contribution in [-0.4, -0.2) is 39.8 Å². The van der Waals surface area contributed by atoms with Crippen LogP contribution < -0.4 is 4.74 Å². The van der Waals surface area contributed by atoms with Crippen molar-refractivity contribution < 1.29 is 32.6 Å². The van der Waals surface area contributed by atoms with E-state index in [2.05, 4.69) is 4.99 Å². The normalized spacial score (nSPS) is 18.2. The lowest BCUT2D eigenvalue weighted by molar-refractivity contribution is -0.139. The Morgan fingerprint density at radius 3 is 2.42 bits per heavy atom. The standard InChI is InChI=1S/C24H24F3NO4S/c1-3-18-21(33-23(28-18)15-4-7-17(8-5-15)24(25,26)27)11-9-19(29)16-6-10-20(14(2)12-16)32-13-22(30)31/h4-8,10,12,18,21H,3,9,11,13H2,1-2H3,(H,30,31). The number of hydrogen-bond donors (Lipinski definition) is 1. The van der Waals surface area contributed by atoms with Crippen LogP contribution in [0, 0.1) is 6.92 Å². The van der Waals surface area contributed by atoms with E-state index in [0.717, 1.165) is 18.6 Å². The molecule has 0 saturated heterocycles. The van der Waals surface area contributed by atoms with Crippen LogP contribution in [0.4, 0.5) is 13.2 Å². The summed E-state index contributed by atoms with van der Waals surface area (Å²) in [5.41, 5.74) is 1.15. The van der Waals surface area contributed by atoms with Crippen LogP contribution in [-0.2, 0) is 11.0 Å². The van der Waals surface area contributed by atoms with E-state index < -0.39 is 24.3 Å². The number of halogens is 3. The number of carbonyl (C=O) groups excluding carboxylic acids is 1. The Hall–Kier alpha value is -2.81. The highest BCUT2D eigenvalue weighted by Gasteiger charge is 2.32. The van der Waals surface area contributed by atoms with Crippen molar-refractivity contribution in [2.75, 3.05) is 6.61 Å². The van der Waals surface area contributed by atoms with Gasteiger partial charge in [0.25, 0.3) is 0 Å². The van der Waals surface area contributed by atoms with E-state index in [0.29, 0.717) is 40.3 Å². The van der Waals surface area contributed by atoms with Crippen molar-refractivity contribution in [3.05, 3.63) is 64.7 Å². The molecule has 3 rings (SSSR count). The van der Waals surface area contributed by atoms with Gasteiger partial charge in [-0.2, -0.15) is 13.2 Å². The average Bonchev–Trinajstić information content (AvgIpc) is 3.19. The number of ketones is 1. The molecule has 2 aromatic rings. The fourth-order valence-electron chi connectivity index (χ4n) is 3.58. The number of rotatable bonds is 9. The van der Waals surface area contributed by atoms with E-state index in [1.54, 1.807) is 25.1 Å². The molecular weight excluding hydrogens is 455 g/mol. The van der Waals surface area contributed by atoms with Gasteiger partial charge in [-0.3, -0.25) is 9.79 Å². The minimum atomic E-state index is -4.38. The lowest BCUT2D eigenvalue weighted by Gasteiger charge is -2.15. The lowest BCUT2D eigenvalue weighted by Crippen LogP contribution is -2.18. The SMILES string of the molecule is CCC1N=C(c2ccc(C(F)(F)F)cc2)SC1CCC(=O)c1ccc(OCC(=O)O)c(C)c1. The third-order valence-corrected chi connectivity index (χ3v) is 6.77. The molecule has 0 aromatic heterocycles. The lowest BCUT2D eigenvalue weighted by atomic mass is 10.0. The zero-order valence-corrected chi connectivity index (χ0v) is 19.0. The highest BCUT2D eigenvalue weighted by atomic mass is 32.2. The first-order valence-corrected chi connectivity index (χ1v) is 11.4. The van der Waals surface area contributed by atoms with Crippen molar-refractivity contribution >= 4 is 28.6 Å². The molecule has 2 atom stereocenters. The Morgan fingerprint density at radius 1 is 1.15 bits per heavy atom. The summed E-state index contributed by atoms with van der Waals surface area (Å²) in [6.07, 6.45) is -2.72. The van der Waals surface area contributed by atoms with Gasteiger partial charge in [-0.05, 0) is 55.7 Å². The maximum Gasteiger partial charge on any atom is 0.416 e. The van der Waals surface area contributed by atoms with Crippen molar-refractivity contribution in [2.45, 2.75) is 50.6 Å². The molecule has 0 radical (unpaired) electrons. The summed E-state index contributed by atoms with van der Waals surface area (Å²) in [4.78, 5) is 28.1. The second-order valence-electron chi connectivity index (χ2n) is 7.77. The van der Waals surface area contributed by atoms with E-state index in [-0.39, 0.29) is 17.1 Å². The molecular formula is C24H24F3NO4S. The molecule has 0 spiro atoms. The van der Waals surface area contributed by atoms with Gasteiger partial charge in [-0.25, -0.2) is 4.79 Å². The van der Waals surface area contributed by atoms with Crippen LogP contribution in [0.2, 0.25) is 0 Å². The second-order valence-corrected chi connectivity index (χ2v) is 8.99. The summed E-state index contributed by atoms with van der Waals surface area (Å²) in [5.74, 6) is -0.700. The number of nitrogens with zero attached hydrogens (tertiary/aromatic N) is 1. The average molecular weight is 480 g/mol. The Morgan fingerprint density at radius 2 is 1.85 bits per heavy atom. The van der Waals surface area contributed by atoms with Gasteiger partial charge in [0.05, 0.1) is 16.6 Å². The molecule has 1 aliphatic rings. The maximum atomic E-state index is 12.8. The third-order valence-electron chi connectivity index (χ3n) is 5.36. The fraction of sp³-hybridized carbons (Fsp3) is 0.375. The number of aliphatic imine (C=N–C) groups is 1. The first-order chi connectivity index (χ1) is 15.6. The number of Topliss-reactive ketones (excluding diaryl/α,β-unsaturated/α-hetero) is 1. The molecule has 9 heteroatoms. The number of aryl methyl sites for hydroxylation is 1. The zero-order valence-electron chi connectivity index (χ0n) is 18.2. The Labute approximate surface area is 194 Å². The van der Waals surface area contributed by atoms with Crippen LogP contribution in [0.5, 0.6) is 5.75 Å². The number of carboxylic acid groups (broad SMARTS) is 1. The first-order valence-electron chi connectivity index (χ1n) is 10.5. The van der Waals surface area contributed by atoms with E-state index in [1.165, 1.54) is 23.9 Å². The Bertz CT molecular complexity index is 1050. The van der Waals surface area contributed by atoms with Crippen molar-refractivity contribution in [3.8, 4) is 5.75 Å². The molecule has 2 unspecified atom stereocenters. The Balaban J connectivity index is 1.61. The highest BCUT2D eigenvalue weighted by Crippen LogP contribution is 2.36. The van der Waals surface area contributed by atoms with Crippen LogP contribution in [0.1, 0.15) is 53.2 Å². The molecule has 0 amide bonds. The minimum absolute atomic E-state index is 0.00590. The predicted molar refractivity (Wildman–Crippen MR) is 121 cm³/mol. The van der Waals surface area contributed by atoms with Crippen LogP contribution >= 0.6 is 11.8 Å². The molecule has 0 bridgehead atoms. The highest BCUT2D eigenvalue weighted by molar-refractivity contribution is 8.15. The summed E-state index contributed by atoms with van der Waals surface area (Å²) in [6, 6.07) is 9.88. The smallest absolute Gasteiger partial charge is 0.416 e. The van der Waals surface area contributed by atoms with E-state index >= 15 is 0 Å². The van der Waals surface area contributed by atoms with Crippen LogP contribution in [0.15, 0.2) is 47.5 Å². The number of alkyl halides is 3. The third kappa shape index (κ3) is 6.37. The quantitative estimate of drug-likeness (QED) is 0.462. The van der Waals surface area contributed by atoms with Gasteiger partial charge in [-0.1, -0.05) is 19.1 Å². The number of carbonyl (C=O) groups is 2. The number of hydrogen-bond acceptors (Lipinski definition) is 5. The van der Waals surface area contributed by atoms with Crippen molar-refractivity contribution in [1.29, 1.82) is 0 Å². The van der Waals surface area contributed by atoms with Gasteiger partial charge in [-0.15, -0.1) is 11.8 Å². The summed E-state index contributed by atoms with van der Waals surface area (Å²) in [7, 11) is 0. The van der Waals surface area contributed by atoms with Crippen LogP contribution in [0.25, 0.3) is 0 Å². The van der Waals surface area contributed by atoms with E-state index in [4.69, 9.17) is 9.84 Å². The van der Waals surface area contributed by atoms with Gasteiger partial charge < -0.3 is 9.84 Å². The molecule has 2 aromatic carbocycles. The molecule has 1 heterocycles. The van der Waals surface area contributed by atoms with Gasteiger partial charge in [0.15, 0.2) is 12.4 Å². The molecule has 0 saturated carbocycles. The molecule has 1 aliphatic heterocycles. The van der Waals surface area contributed by atoms with Gasteiger partial charge >= 0.3 is 12.1 Å². The van der Waals surface area contributed by atoms with Crippen molar-refractivity contribution in [2.24, 2.45) is 4.99 Å². The molecule has 0 fully saturated rings. The van der Waals surface area contributed by atoms with Crippen molar-refractivity contribution in [3.63, 3.8) is 0 Å². The summed E-state index contributed by atoms with van der Waals surface area (Å²) in [6.45, 7) is 3.29. The fourth-order valence-corrected chi connectivity index (χ4v) is 4.98. The van der Waals surface area contributed by atoms with Gasteiger partial charge in [0, 0.05) is 22.8 Å². The maximum absolute atomic E-state index is 12.8. The molecule has 1 N–H and O–H groups in total. The summed E-state index contributed by atoms with van der Waals surface area (Å²) >= 11 is 1.50. The number of thioether (sulfide) groups is 1.